The molecular weight excluding hydrogens is 410 g/mol. The number of hydrogen-bond donors (Lipinski definition) is 1. The van der Waals surface area contributed by atoms with Crippen molar-refractivity contribution in [2.75, 3.05) is 7.11 Å². The summed E-state index contributed by atoms with van der Waals surface area (Å²) in [4.78, 5) is 17.6. The number of carbonyl (C=O) groups excluding carboxylic acids is 1. The van der Waals surface area contributed by atoms with Crippen LogP contribution in [0.2, 0.25) is 0 Å². The van der Waals surface area contributed by atoms with Crippen molar-refractivity contribution in [3.05, 3.63) is 107 Å². The van der Waals surface area contributed by atoms with E-state index in [2.05, 4.69) is 4.98 Å². The first-order valence-electron chi connectivity index (χ1n) is 9.70. The molecule has 4 rings (SSSR count). The quantitative estimate of drug-likeness (QED) is 0.426. The molecule has 0 spiro atoms. The van der Waals surface area contributed by atoms with Gasteiger partial charge in [-0.05, 0) is 23.3 Å². The smallest absolute Gasteiger partial charge is 0.348 e. The molecule has 1 heterocycles. The van der Waals surface area contributed by atoms with Crippen molar-refractivity contribution >= 4 is 17.3 Å². The molecular formula is C25H21NO4S. The number of thiazole rings is 1. The number of hydrogen-bond acceptors (Lipinski definition) is 6. The molecule has 0 unspecified atom stereocenters. The van der Waals surface area contributed by atoms with Crippen molar-refractivity contribution in [2.24, 2.45) is 0 Å². The number of nitrogens with zero attached hydrogens (tertiary/aromatic N) is 1. The Kier molecular flexibility index (Phi) is 6.11. The molecule has 0 fully saturated rings. The molecule has 3 aromatic carbocycles. The van der Waals surface area contributed by atoms with Crippen LogP contribution in [0.3, 0.4) is 0 Å². The minimum Gasteiger partial charge on any atom is -0.497 e. The normalized spacial score (nSPS) is 11.2. The van der Waals surface area contributed by atoms with E-state index in [1.165, 1.54) is 11.3 Å². The Labute approximate surface area is 184 Å². The summed E-state index contributed by atoms with van der Waals surface area (Å²) in [5.74, 6) is -0.00251. The molecule has 0 atom stereocenters. The first-order chi connectivity index (χ1) is 15.1. The van der Waals surface area contributed by atoms with Crippen LogP contribution in [0.25, 0.3) is 10.6 Å². The molecule has 0 radical (unpaired) electrons. The van der Waals surface area contributed by atoms with Gasteiger partial charge in [0.15, 0.2) is 0 Å². The van der Waals surface area contributed by atoms with Gasteiger partial charge in [-0.1, -0.05) is 72.8 Å². The summed E-state index contributed by atoms with van der Waals surface area (Å²) in [6.45, 7) is -0.0404. The van der Waals surface area contributed by atoms with E-state index in [1.807, 2.05) is 41.8 Å². The van der Waals surface area contributed by atoms with E-state index >= 15 is 0 Å². The minimum atomic E-state index is -1.91. The standard InChI is InChI=1S/C25H21NO4S/c1-29-22-14-8-9-18(15-22)23-26-21(17-31-23)16-30-24(27)25(28,19-10-4-2-5-11-19)20-12-6-3-7-13-20/h2-15,17,28H,16H2,1H3. The summed E-state index contributed by atoms with van der Waals surface area (Å²) in [5.41, 5.74) is 0.517. The van der Waals surface area contributed by atoms with Crippen LogP contribution < -0.4 is 4.74 Å². The Morgan fingerprint density at radius 2 is 1.61 bits per heavy atom. The Bertz CT molecular complexity index is 1120. The van der Waals surface area contributed by atoms with E-state index in [-0.39, 0.29) is 6.61 Å². The predicted molar refractivity (Wildman–Crippen MR) is 120 cm³/mol. The van der Waals surface area contributed by atoms with Crippen LogP contribution in [0.5, 0.6) is 5.75 Å². The zero-order chi connectivity index (χ0) is 21.7. The molecule has 156 valence electrons. The minimum absolute atomic E-state index is 0.0404. The second kappa shape index (κ2) is 9.12. The summed E-state index contributed by atoms with van der Waals surface area (Å²) in [7, 11) is 1.62. The van der Waals surface area contributed by atoms with Crippen LogP contribution in [0, 0.1) is 0 Å². The topological polar surface area (TPSA) is 68.7 Å². The average Bonchev–Trinajstić information content (AvgIpc) is 3.32. The molecule has 0 aliphatic rings. The summed E-state index contributed by atoms with van der Waals surface area (Å²) < 4.78 is 10.8. The molecule has 0 bridgehead atoms. The molecule has 0 amide bonds. The highest BCUT2D eigenvalue weighted by atomic mass is 32.1. The second-order valence-electron chi connectivity index (χ2n) is 6.89. The van der Waals surface area contributed by atoms with Gasteiger partial charge in [0.05, 0.1) is 12.8 Å². The fourth-order valence-electron chi connectivity index (χ4n) is 3.27. The third-order valence-corrected chi connectivity index (χ3v) is 5.84. The van der Waals surface area contributed by atoms with Gasteiger partial charge in [-0.15, -0.1) is 11.3 Å². The molecule has 5 nitrogen and oxygen atoms in total. The predicted octanol–water partition coefficient (Wildman–Crippen LogP) is 4.80. The molecule has 0 aliphatic carbocycles. The summed E-state index contributed by atoms with van der Waals surface area (Å²) in [5, 5.41) is 14.1. The Balaban J connectivity index is 1.55. The maximum atomic E-state index is 13.1. The molecule has 6 heteroatoms. The van der Waals surface area contributed by atoms with Gasteiger partial charge >= 0.3 is 5.97 Å². The average molecular weight is 432 g/mol. The number of esters is 1. The maximum absolute atomic E-state index is 13.1. The first kappa shape index (κ1) is 20.8. The van der Waals surface area contributed by atoms with Crippen molar-refractivity contribution in [3.8, 4) is 16.3 Å². The van der Waals surface area contributed by atoms with Gasteiger partial charge in [0.1, 0.15) is 17.4 Å². The van der Waals surface area contributed by atoms with Crippen LogP contribution in [-0.4, -0.2) is 23.2 Å². The SMILES string of the molecule is COc1cccc(-c2nc(COC(=O)C(O)(c3ccccc3)c3ccccc3)cs2)c1. The van der Waals surface area contributed by atoms with E-state index in [1.54, 1.807) is 55.6 Å². The lowest BCUT2D eigenvalue weighted by Crippen LogP contribution is -2.38. The van der Waals surface area contributed by atoms with Crippen molar-refractivity contribution in [1.82, 2.24) is 4.98 Å². The summed E-state index contributed by atoms with van der Waals surface area (Å²) >= 11 is 1.45. The molecule has 4 aromatic rings. The lowest BCUT2D eigenvalue weighted by molar-refractivity contribution is -0.163. The fourth-order valence-corrected chi connectivity index (χ4v) is 4.07. The van der Waals surface area contributed by atoms with Gasteiger partial charge in [-0.25, -0.2) is 9.78 Å². The zero-order valence-corrected chi connectivity index (χ0v) is 17.7. The molecule has 1 aromatic heterocycles. The van der Waals surface area contributed by atoms with Gasteiger partial charge < -0.3 is 14.6 Å². The molecule has 31 heavy (non-hydrogen) atoms. The zero-order valence-electron chi connectivity index (χ0n) is 16.9. The van der Waals surface area contributed by atoms with Gasteiger partial charge in [-0.2, -0.15) is 0 Å². The van der Waals surface area contributed by atoms with Crippen LogP contribution in [0.15, 0.2) is 90.3 Å². The van der Waals surface area contributed by atoms with Crippen LogP contribution in [-0.2, 0) is 21.7 Å². The van der Waals surface area contributed by atoms with Gasteiger partial charge in [-0.3, -0.25) is 0 Å². The summed E-state index contributed by atoms with van der Waals surface area (Å²) in [6, 6.07) is 25.2. The number of rotatable bonds is 7. The Morgan fingerprint density at radius 1 is 0.968 bits per heavy atom. The van der Waals surface area contributed by atoms with Crippen molar-refractivity contribution in [2.45, 2.75) is 12.2 Å². The lowest BCUT2D eigenvalue weighted by atomic mass is 9.86. The number of aliphatic hydroxyl groups is 1. The first-order valence-corrected chi connectivity index (χ1v) is 10.6. The summed E-state index contributed by atoms with van der Waals surface area (Å²) in [6.07, 6.45) is 0. The Morgan fingerprint density at radius 3 is 2.23 bits per heavy atom. The Hall–Kier alpha value is -3.48. The number of aromatic nitrogens is 1. The van der Waals surface area contributed by atoms with Crippen LogP contribution in [0.4, 0.5) is 0 Å². The molecule has 1 N–H and O–H groups in total. The highest BCUT2D eigenvalue weighted by Gasteiger charge is 2.41. The van der Waals surface area contributed by atoms with E-state index in [4.69, 9.17) is 9.47 Å². The lowest BCUT2D eigenvalue weighted by Gasteiger charge is -2.26. The van der Waals surface area contributed by atoms with Crippen molar-refractivity contribution < 1.29 is 19.4 Å². The number of methoxy groups -OCH3 is 1. The van der Waals surface area contributed by atoms with E-state index < -0.39 is 11.6 Å². The van der Waals surface area contributed by atoms with Crippen molar-refractivity contribution in [3.63, 3.8) is 0 Å². The van der Waals surface area contributed by atoms with E-state index in [0.717, 1.165) is 16.3 Å². The number of ether oxygens (including phenoxy) is 2. The fraction of sp³-hybridized carbons (Fsp3) is 0.120. The monoisotopic (exact) mass is 431 g/mol. The largest absolute Gasteiger partial charge is 0.497 e. The molecule has 0 saturated heterocycles. The van der Waals surface area contributed by atoms with Crippen LogP contribution >= 0.6 is 11.3 Å². The van der Waals surface area contributed by atoms with Gasteiger partial charge in [0, 0.05) is 10.9 Å². The third kappa shape index (κ3) is 4.35. The number of carbonyl (C=O) groups is 1. The molecule has 0 saturated carbocycles. The number of benzene rings is 3. The highest BCUT2D eigenvalue weighted by molar-refractivity contribution is 7.13. The highest BCUT2D eigenvalue weighted by Crippen LogP contribution is 2.32. The third-order valence-electron chi connectivity index (χ3n) is 4.90. The second-order valence-corrected chi connectivity index (χ2v) is 7.75. The van der Waals surface area contributed by atoms with Gasteiger partial charge in [0.2, 0.25) is 5.60 Å². The maximum Gasteiger partial charge on any atom is 0.348 e. The van der Waals surface area contributed by atoms with E-state index in [0.29, 0.717) is 16.8 Å². The van der Waals surface area contributed by atoms with Crippen LogP contribution in [0.1, 0.15) is 16.8 Å². The van der Waals surface area contributed by atoms with E-state index in [9.17, 15) is 9.90 Å². The van der Waals surface area contributed by atoms with Gasteiger partial charge in [0.25, 0.3) is 0 Å². The molecule has 0 aliphatic heterocycles. The van der Waals surface area contributed by atoms with Crippen molar-refractivity contribution in [1.29, 1.82) is 0 Å².